The van der Waals surface area contributed by atoms with Gasteiger partial charge >= 0.3 is 0 Å². The average Bonchev–Trinajstić information content (AvgIpc) is 2.76. The van der Waals surface area contributed by atoms with E-state index in [-0.39, 0.29) is 5.91 Å². The molecule has 4 rings (SSSR count). The van der Waals surface area contributed by atoms with Crippen LogP contribution in [0.2, 0.25) is 0 Å². The first-order chi connectivity index (χ1) is 9.77. The topological polar surface area (TPSA) is 20.3 Å². The summed E-state index contributed by atoms with van der Waals surface area (Å²) in [6, 6.07) is 20.4. The number of hydrogen-bond acceptors (Lipinski definition) is 1. The number of carbonyl (C=O) groups excluding carboxylic acids is 1. The van der Waals surface area contributed by atoms with Crippen LogP contribution in [-0.4, -0.2) is 13.0 Å². The zero-order valence-electron chi connectivity index (χ0n) is 11.1. The molecule has 0 unspecified atom stereocenters. The van der Waals surface area contributed by atoms with Crippen molar-refractivity contribution in [1.29, 1.82) is 0 Å². The second-order valence-corrected chi connectivity index (χ2v) is 5.09. The van der Waals surface area contributed by atoms with E-state index in [0.29, 0.717) is 0 Å². The van der Waals surface area contributed by atoms with Crippen molar-refractivity contribution in [2.75, 3.05) is 11.9 Å². The number of anilines is 1. The van der Waals surface area contributed by atoms with Crippen LogP contribution in [0.15, 0.2) is 60.7 Å². The van der Waals surface area contributed by atoms with Crippen LogP contribution in [0.1, 0.15) is 10.4 Å². The molecule has 0 bridgehead atoms. The number of amides is 1. The van der Waals surface area contributed by atoms with Gasteiger partial charge < -0.3 is 4.90 Å². The molecule has 2 nitrogen and oxygen atoms in total. The highest BCUT2D eigenvalue weighted by Gasteiger charge is 2.27. The zero-order valence-corrected chi connectivity index (χ0v) is 11.1. The first-order valence-corrected chi connectivity index (χ1v) is 6.66. The molecule has 0 saturated carbocycles. The molecule has 1 aliphatic heterocycles. The van der Waals surface area contributed by atoms with Gasteiger partial charge in [0.1, 0.15) is 0 Å². The predicted octanol–water partition coefficient (Wildman–Crippen LogP) is 4.10. The van der Waals surface area contributed by atoms with Crippen LogP contribution in [0.4, 0.5) is 5.69 Å². The molecule has 96 valence electrons. The summed E-state index contributed by atoms with van der Waals surface area (Å²) >= 11 is 0. The highest BCUT2D eigenvalue weighted by atomic mass is 16.2. The van der Waals surface area contributed by atoms with Crippen LogP contribution in [0, 0.1) is 0 Å². The number of rotatable bonds is 1. The quantitative estimate of drug-likeness (QED) is 0.644. The molecule has 3 aromatic carbocycles. The Morgan fingerprint density at radius 2 is 1.60 bits per heavy atom. The lowest BCUT2D eigenvalue weighted by Gasteiger charge is -2.11. The maximum atomic E-state index is 12.3. The molecule has 0 atom stereocenters. The van der Waals surface area contributed by atoms with Crippen molar-refractivity contribution in [2.24, 2.45) is 0 Å². The molecule has 3 aromatic rings. The second-order valence-electron chi connectivity index (χ2n) is 5.09. The summed E-state index contributed by atoms with van der Waals surface area (Å²) in [4.78, 5) is 14.0. The van der Waals surface area contributed by atoms with Crippen LogP contribution >= 0.6 is 0 Å². The summed E-state index contributed by atoms with van der Waals surface area (Å²) in [7, 11) is 1.83. The van der Waals surface area contributed by atoms with Gasteiger partial charge in [-0.05, 0) is 28.6 Å². The van der Waals surface area contributed by atoms with Crippen molar-refractivity contribution in [2.45, 2.75) is 0 Å². The van der Waals surface area contributed by atoms with Crippen molar-refractivity contribution in [3.8, 4) is 11.1 Å². The van der Waals surface area contributed by atoms with E-state index in [1.54, 1.807) is 4.90 Å². The first kappa shape index (κ1) is 11.2. The molecule has 0 aliphatic carbocycles. The van der Waals surface area contributed by atoms with Gasteiger partial charge in [0.05, 0.1) is 5.69 Å². The van der Waals surface area contributed by atoms with Crippen molar-refractivity contribution in [1.82, 2.24) is 0 Å². The molecule has 20 heavy (non-hydrogen) atoms. The van der Waals surface area contributed by atoms with Gasteiger partial charge in [-0.25, -0.2) is 0 Å². The Kier molecular flexibility index (Phi) is 2.21. The van der Waals surface area contributed by atoms with Crippen molar-refractivity contribution < 1.29 is 4.79 Å². The largest absolute Gasteiger partial charge is 0.311 e. The summed E-state index contributed by atoms with van der Waals surface area (Å²) in [6.07, 6.45) is 0. The Morgan fingerprint density at radius 1 is 0.800 bits per heavy atom. The van der Waals surface area contributed by atoms with E-state index in [9.17, 15) is 4.79 Å². The minimum absolute atomic E-state index is 0.0795. The first-order valence-electron chi connectivity index (χ1n) is 6.66. The van der Waals surface area contributed by atoms with Gasteiger partial charge in [0.15, 0.2) is 0 Å². The zero-order chi connectivity index (χ0) is 13.7. The van der Waals surface area contributed by atoms with Gasteiger partial charge in [0, 0.05) is 18.0 Å². The number of nitrogens with zero attached hydrogens (tertiary/aromatic N) is 1. The highest BCUT2D eigenvalue weighted by Crippen LogP contribution is 2.40. The normalized spacial score (nSPS) is 13.2. The van der Waals surface area contributed by atoms with Crippen LogP contribution in [0.5, 0.6) is 0 Å². The Morgan fingerprint density at radius 3 is 2.40 bits per heavy atom. The summed E-state index contributed by atoms with van der Waals surface area (Å²) in [5, 5.41) is 2.21. The van der Waals surface area contributed by atoms with Crippen LogP contribution in [0.3, 0.4) is 0 Å². The Bertz CT molecular complexity index is 837. The fourth-order valence-corrected chi connectivity index (χ4v) is 3.01. The lowest BCUT2D eigenvalue weighted by molar-refractivity contribution is 0.0999. The molecule has 0 aromatic heterocycles. The van der Waals surface area contributed by atoms with E-state index >= 15 is 0 Å². The molecular weight excluding hydrogens is 246 g/mol. The summed E-state index contributed by atoms with van der Waals surface area (Å²) in [5.74, 6) is 0.0795. The second kappa shape index (κ2) is 3.94. The van der Waals surface area contributed by atoms with E-state index < -0.39 is 0 Å². The van der Waals surface area contributed by atoms with Gasteiger partial charge in [-0.2, -0.15) is 0 Å². The minimum atomic E-state index is 0.0795. The summed E-state index contributed by atoms with van der Waals surface area (Å²) in [6.45, 7) is 0. The van der Waals surface area contributed by atoms with E-state index in [0.717, 1.165) is 22.0 Å². The lowest BCUT2D eigenvalue weighted by atomic mass is 9.96. The molecule has 2 heteroatoms. The monoisotopic (exact) mass is 259 g/mol. The average molecular weight is 259 g/mol. The summed E-state index contributed by atoms with van der Waals surface area (Å²) < 4.78 is 0. The Labute approximate surface area is 117 Å². The Hall–Kier alpha value is -2.61. The standard InChI is InChI=1S/C18H13NO/c1-19-16-11-10-13(12-6-3-2-4-7-12)14-8-5-9-15(17(14)16)18(19)20/h2-11H,1H3. The Balaban J connectivity index is 2.11. The fraction of sp³-hybridized carbons (Fsp3) is 0.0556. The van der Waals surface area contributed by atoms with E-state index in [1.807, 2.05) is 43.4 Å². The molecule has 0 spiro atoms. The minimum Gasteiger partial charge on any atom is -0.311 e. The van der Waals surface area contributed by atoms with Crippen molar-refractivity contribution in [3.63, 3.8) is 0 Å². The smallest absolute Gasteiger partial charge is 0.258 e. The molecule has 0 N–H and O–H groups in total. The van der Waals surface area contributed by atoms with Gasteiger partial charge in [0.25, 0.3) is 5.91 Å². The molecule has 0 radical (unpaired) electrons. The SMILES string of the molecule is CN1C(=O)c2cccc3c(-c4ccccc4)ccc1c23. The molecule has 0 saturated heterocycles. The molecule has 1 aliphatic rings. The van der Waals surface area contributed by atoms with Gasteiger partial charge in [0.2, 0.25) is 0 Å². The van der Waals surface area contributed by atoms with Crippen molar-refractivity contribution >= 4 is 22.4 Å². The molecular formula is C18H13NO. The van der Waals surface area contributed by atoms with E-state index in [1.165, 1.54) is 11.1 Å². The van der Waals surface area contributed by atoms with Crippen LogP contribution < -0.4 is 4.90 Å². The highest BCUT2D eigenvalue weighted by molar-refractivity contribution is 6.26. The third kappa shape index (κ3) is 1.36. The lowest BCUT2D eigenvalue weighted by Crippen LogP contribution is -2.20. The van der Waals surface area contributed by atoms with Crippen LogP contribution in [0.25, 0.3) is 21.9 Å². The maximum Gasteiger partial charge on any atom is 0.258 e. The number of carbonyl (C=O) groups is 1. The number of benzene rings is 3. The summed E-state index contributed by atoms with van der Waals surface area (Å²) in [5.41, 5.74) is 4.16. The van der Waals surface area contributed by atoms with Crippen LogP contribution in [-0.2, 0) is 0 Å². The van der Waals surface area contributed by atoms with Gasteiger partial charge in [-0.3, -0.25) is 4.79 Å². The third-order valence-corrected chi connectivity index (χ3v) is 4.00. The molecule has 0 fully saturated rings. The third-order valence-electron chi connectivity index (χ3n) is 4.00. The molecule has 1 amide bonds. The van der Waals surface area contributed by atoms with Gasteiger partial charge in [-0.1, -0.05) is 48.5 Å². The maximum absolute atomic E-state index is 12.3. The fourth-order valence-electron chi connectivity index (χ4n) is 3.01. The number of hydrogen-bond donors (Lipinski definition) is 0. The van der Waals surface area contributed by atoms with E-state index in [4.69, 9.17) is 0 Å². The molecule has 1 heterocycles. The van der Waals surface area contributed by atoms with E-state index in [2.05, 4.69) is 24.3 Å². The predicted molar refractivity (Wildman–Crippen MR) is 82.1 cm³/mol. The van der Waals surface area contributed by atoms with Crippen molar-refractivity contribution in [3.05, 3.63) is 66.2 Å². The van der Waals surface area contributed by atoms with Gasteiger partial charge in [-0.15, -0.1) is 0 Å².